The molecule has 0 unspecified atom stereocenters. The Kier molecular flexibility index (Phi) is 4.52. The molecule has 0 fully saturated rings. The van der Waals surface area contributed by atoms with Gasteiger partial charge in [-0.15, -0.1) is 0 Å². The summed E-state index contributed by atoms with van der Waals surface area (Å²) in [5.41, 5.74) is 0.590. The smallest absolute Gasteiger partial charge is 0.327 e. The fourth-order valence-electron chi connectivity index (χ4n) is 1.38. The van der Waals surface area contributed by atoms with Crippen LogP contribution in [0.15, 0.2) is 29.4 Å². The Bertz CT molecular complexity index is 602. The van der Waals surface area contributed by atoms with Gasteiger partial charge in [0.05, 0.1) is 0 Å². The van der Waals surface area contributed by atoms with Gasteiger partial charge in [0.15, 0.2) is 5.16 Å². The van der Waals surface area contributed by atoms with E-state index >= 15 is 0 Å². The van der Waals surface area contributed by atoms with Gasteiger partial charge < -0.3 is 9.64 Å². The summed E-state index contributed by atoms with van der Waals surface area (Å²) >= 11 is 1.42. The second kappa shape index (κ2) is 6.33. The summed E-state index contributed by atoms with van der Waals surface area (Å²) in [7, 11) is 3.70. The van der Waals surface area contributed by atoms with Gasteiger partial charge in [0.2, 0.25) is 5.95 Å². The van der Waals surface area contributed by atoms with E-state index in [2.05, 4.69) is 15.0 Å². The van der Waals surface area contributed by atoms with Crippen molar-refractivity contribution in [2.75, 3.05) is 25.3 Å². The second-order valence-electron chi connectivity index (χ2n) is 4.09. The molecule has 2 aromatic rings. The normalized spacial score (nSPS) is 10.2. The molecule has 104 valence electrons. The predicted octanol–water partition coefficient (Wildman–Crippen LogP) is 2.26. The zero-order valence-electron chi connectivity index (χ0n) is 11.4. The molecule has 0 N–H and O–H groups in total. The fraction of sp³-hybridized carbons (Fsp3) is 0.231. The van der Waals surface area contributed by atoms with Crippen LogP contribution >= 0.6 is 11.8 Å². The SMILES string of the molecule is CSc1nc(Oc2ccc(C=O)cc2)nc(N(C)C)n1. The van der Waals surface area contributed by atoms with Crippen LogP contribution < -0.4 is 9.64 Å². The first-order chi connectivity index (χ1) is 9.62. The summed E-state index contributed by atoms with van der Waals surface area (Å²) in [4.78, 5) is 25.1. The topological polar surface area (TPSA) is 68.2 Å². The molecule has 0 atom stereocenters. The highest BCUT2D eigenvalue weighted by Crippen LogP contribution is 2.22. The lowest BCUT2D eigenvalue weighted by molar-refractivity contribution is 0.112. The third kappa shape index (κ3) is 3.45. The number of benzene rings is 1. The zero-order chi connectivity index (χ0) is 14.5. The van der Waals surface area contributed by atoms with Gasteiger partial charge in [0, 0.05) is 19.7 Å². The molecule has 2 rings (SSSR count). The van der Waals surface area contributed by atoms with Crippen LogP contribution in [-0.4, -0.2) is 41.6 Å². The number of nitrogens with zero attached hydrogens (tertiary/aromatic N) is 4. The van der Waals surface area contributed by atoms with Gasteiger partial charge in [-0.25, -0.2) is 0 Å². The maximum absolute atomic E-state index is 10.6. The van der Waals surface area contributed by atoms with Crippen LogP contribution in [0.2, 0.25) is 0 Å². The molecule has 0 spiro atoms. The molecule has 0 radical (unpaired) electrons. The number of carbonyl (C=O) groups excluding carboxylic acids is 1. The summed E-state index contributed by atoms with van der Waals surface area (Å²) in [5.74, 6) is 1.10. The molecule has 1 aromatic carbocycles. The monoisotopic (exact) mass is 290 g/mol. The van der Waals surface area contributed by atoms with Crippen molar-refractivity contribution in [1.82, 2.24) is 15.0 Å². The lowest BCUT2D eigenvalue weighted by atomic mass is 10.2. The first kappa shape index (κ1) is 14.3. The van der Waals surface area contributed by atoms with E-state index in [1.54, 1.807) is 29.2 Å². The minimum atomic E-state index is 0.229. The second-order valence-corrected chi connectivity index (χ2v) is 4.86. The van der Waals surface area contributed by atoms with E-state index in [-0.39, 0.29) is 6.01 Å². The number of hydrogen-bond acceptors (Lipinski definition) is 7. The molecule has 0 bridgehead atoms. The lowest BCUT2D eigenvalue weighted by Crippen LogP contribution is -2.14. The summed E-state index contributed by atoms with van der Waals surface area (Å²) in [6.07, 6.45) is 2.67. The minimum absolute atomic E-state index is 0.229. The highest BCUT2D eigenvalue weighted by atomic mass is 32.2. The molecule has 0 aliphatic rings. The number of rotatable bonds is 5. The molecule has 0 amide bonds. The summed E-state index contributed by atoms with van der Waals surface area (Å²) < 4.78 is 5.59. The number of hydrogen-bond donors (Lipinski definition) is 0. The minimum Gasteiger partial charge on any atom is -0.424 e. The van der Waals surface area contributed by atoms with Crippen molar-refractivity contribution < 1.29 is 9.53 Å². The number of aldehydes is 1. The number of anilines is 1. The molecular weight excluding hydrogens is 276 g/mol. The third-order valence-electron chi connectivity index (χ3n) is 2.39. The summed E-state index contributed by atoms with van der Waals surface area (Å²) in [5, 5.41) is 0.586. The number of thioether (sulfide) groups is 1. The largest absolute Gasteiger partial charge is 0.424 e. The van der Waals surface area contributed by atoms with Gasteiger partial charge in [-0.05, 0) is 30.5 Å². The molecule has 7 heteroatoms. The van der Waals surface area contributed by atoms with E-state index in [0.29, 0.717) is 22.4 Å². The van der Waals surface area contributed by atoms with Crippen LogP contribution in [0.4, 0.5) is 5.95 Å². The molecule has 0 saturated carbocycles. The van der Waals surface area contributed by atoms with E-state index in [1.807, 2.05) is 20.4 Å². The van der Waals surface area contributed by atoms with Crippen molar-refractivity contribution in [2.45, 2.75) is 5.16 Å². The van der Waals surface area contributed by atoms with Crippen molar-refractivity contribution in [2.24, 2.45) is 0 Å². The first-order valence-corrected chi connectivity index (χ1v) is 7.05. The van der Waals surface area contributed by atoms with Gasteiger partial charge in [-0.2, -0.15) is 15.0 Å². The van der Waals surface area contributed by atoms with E-state index < -0.39 is 0 Å². The quantitative estimate of drug-likeness (QED) is 0.618. The van der Waals surface area contributed by atoms with Crippen molar-refractivity contribution in [3.63, 3.8) is 0 Å². The van der Waals surface area contributed by atoms with Crippen molar-refractivity contribution in [3.8, 4) is 11.8 Å². The van der Waals surface area contributed by atoms with Gasteiger partial charge >= 0.3 is 6.01 Å². The Labute approximate surface area is 121 Å². The lowest BCUT2D eigenvalue weighted by Gasteiger charge is -2.12. The van der Waals surface area contributed by atoms with E-state index in [4.69, 9.17) is 4.74 Å². The average molecular weight is 290 g/mol. The molecule has 1 aromatic heterocycles. The predicted molar refractivity (Wildman–Crippen MR) is 77.8 cm³/mol. The van der Waals surface area contributed by atoms with E-state index in [0.717, 1.165) is 6.29 Å². The molecule has 1 heterocycles. The molecule has 0 aliphatic heterocycles. The molecule has 6 nitrogen and oxygen atoms in total. The molecule has 0 aliphatic carbocycles. The van der Waals surface area contributed by atoms with Gasteiger partial charge in [0.25, 0.3) is 0 Å². The fourth-order valence-corrected chi connectivity index (χ4v) is 1.73. The van der Waals surface area contributed by atoms with Gasteiger partial charge in [0.1, 0.15) is 12.0 Å². The van der Waals surface area contributed by atoms with E-state index in [9.17, 15) is 4.79 Å². The highest BCUT2D eigenvalue weighted by Gasteiger charge is 2.09. The van der Waals surface area contributed by atoms with Crippen LogP contribution in [0.25, 0.3) is 0 Å². The van der Waals surface area contributed by atoms with Crippen molar-refractivity contribution in [1.29, 1.82) is 0 Å². The maximum atomic E-state index is 10.6. The Morgan fingerprint density at radius 2 is 1.85 bits per heavy atom. The van der Waals surface area contributed by atoms with Gasteiger partial charge in [-0.1, -0.05) is 11.8 Å². The number of aromatic nitrogens is 3. The number of carbonyl (C=O) groups is 1. The maximum Gasteiger partial charge on any atom is 0.327 e. The Hall–Kier alpha value is -2.15. The van der Waals surface area contributed by atoms with Crippen LogP contribution in [0.3, 0.4) is 0 Å². The van der Waals surface area contributed by atoms with Crippen LogP contribution in [0.1, 0.15) is 10.4 Å². The summed E-state index contributed by atoms with van der Waals surface area (Å²) in [6, 6.07) is 6.97. The van der Waals surface area contributed by atoms with Crippen LogP contribution in [0, 0.1) is 0 Å². The Balaban J connectivity index is 2.27. The molecule has 0 saturated heterocycles. The summed E-state index contributed by atoms with van der Waals surface area (Å²) in [6.45, 7) is 0. The zero-order valence-corrected chi connectivity index (χ0v) is 12.2. The highest BCUT2D eigenvalue weighted by molar-refractivity contribution is 7.98. The molecule has 20 heavy (non-hydrogen) atoms. The van der Waals surface area contributed by atoms with Gasteiger partial charge in [-0.3, -0.25) is 4.79 Å². The van der Waals surface area contributed by atoms with Crippen LogP contribution in [0.5, 0.6) is 11.8 Å². The Morgan fingerprint density at radius 3 is 2.40 bits per heavy atom. The first-order valence-electron chi connectivity index (χ1n) is 5.83. The van der Waals surface area contributed by atoms with Crippen LogP contribution in [-0.2, 0) is 0 Å². The number of ether oxygens (including phenoxy) is 1. The molecular formula is C13H14N4O2S. The average Bonchev–Trinajstić information content (AvgIpc) is 2.47. The van der Waals surface area contributed by atoms with E-state index in [1.165, 1.54) is 11.8 Å². The third-order valence-corrected chi connectivity index (χ3v) is 2.94. The van der Waals surface area contributed by atoms with Crippen molar-refractivity contribution >= 4 is 24.0 Å². The standard InChI is InChI=1S/C13H14N4O2S/c1-17(2)11-14-12(16-13(15-11)20-3)19-10-6-4-9(8-18)5-7-10/h4-8H,1-3H3. The Morgan fingerprint density at radius 1 is 1.15 bits per heavy atom. The van der Waals surface area contributed by atoms with Crippen molar-refractivity contribution in [3.05, 3.63) is 29.8 Å².